The molecule has 7 nitrogen and oxygen atoms in total. The van der Waals surface area contributed by atoms with E-state index in [9.17, 15) is 4.79 Å². The number of amides is 1. The minimum Gasteiger partial charge on any atom is -0.409 e. The maximum atomic E-state index is 11.9. The van der Waals surface area contributed by atoms with Crippen molar-refractivity contribution in [1.82, 2.24) is 5.16 Å². The van der Waals surface area contributed by atoms with Gasteiger partial charge in [0.2, 0.25) is 5.76 Å². The number of aromatic nitrogens is 1. The molecule has 104 valence electrons. The molecule has 0 aliphatic heterocycles. The molecule has 0 saturated carbocycles. The number of carbonyl (C=O) groups excluding carboxylic acids is 1. The van der Waals surface area contributed by atoms with Crippen LogP contribution in [0.4, 0.5) is 5.69 Å². The largest absolute Gasteiger partial charge is 0.409 e. The molecule has 0 atom stereocenters. The Labute approximate surface area is 119 Å². The van der Waals surface area contributed by atoms with Gasteiger partial charge in [0, 0.05) is 11.6 Å². The summed E-state index contributed by atoms with van der Waals surface area (Å²) in [6.07, 6.45) is 0. The van der Waals surface area contributed by atoms with Gasteiger partial charge >= 0.3 is 0 Å². The lowest BCUT2D eigenvalue weighted by atomic mass is 10.2. The SMILES string of the molecule is Cc1cc(C(=O)Nc2ccc(/C(N)=N/O)cc2Cl)on1. The normalized spacial score (nSPS) is 11.4. The number of halogens is 1. The first kappa shape index (κ1) is 13.9. The zero-order valence-corrected chi connectivity index (χ0v) is 11.2. The number of nitrogens with one attached hydrogen (secondary N) is 1. The molecule has 2 rings (SSSR count). The lowest BCUT2D eigenvalue weighted by molar-refractivity contribution is 0.0988. The number of hydrogen-bond donors (Lipinski definition) is 3. The molecule has 0 aliphatic carbocycles. The highest BCUT2D eigenvalue weighted by Gasteiger charge is 2.14. The Bertz CT molecular complexity index is 681. The third-order valence-electron chi connectivity index (χ3n) is 2.47. The minimum absolute atomic E-state index is 0.0735. The molecule has 0 radical (unpaired) electrons. The maximum absolute atomic E-state index is 11.9. The molecule has 0 saturated heterocycles. The van der Waals surface area contributed by atoms with Gasteiger partial charge in [-0.3, -0.25) is 4.79 Å². The summed E-state index contributed by atoms with van der Waals surface area (Å²) < 4.78 is 4.84. The third kappa shape index (κ3) is 2.89. The number of hydrogen-bond acceptors (Lipinski definition) is 5. The first-order chi connectivity index (χ1) is 9.51. The van der Waals surface area contributed by atoms with Crippen molar-refractivity contribution in [1.29, 1.82) is 0 Å². The number of oxime groups is 1. The van der Waals surface area contributed by atoms with E-state index in [-0.39, 0.29) is 16.6 Å². The van der Waals surface area contributed by atoms with Gasteiger partial charge in [-0.1, -0.05) is 21.9 Å². The van der Waals surface area contributed by atoms with E-state index in [0.717, 1.165) is 0 Å². The third-order valence-corrected chi connectivity index (χ3v) is 2.79. The van der Waals surface area contributed by atoms with Crippen LogP contribution in [0.15, 0.2) is 33.9 Å². The number of aryl methyl sites for hydroxylation is 1. The molecule has 0 unspecified atom stereocenters. The standard InChI is InChI=1S/C12H11ClN4O3/c1-6-4-10(20-17-6)12(18)15-9-3-2-7(5-8(9)13)11(14)16-19/h2-5,19H,1H3,(H2,14,16)(H,15,18). The average Bonchev–Trinajstić information content (AvgIpc) is 2.86. The monoisotopic (exact) mass is 294 g/mol. The smallest absolute Gasteiger partial charge is 0.294 e. The van der Waals surface area contributed by atoms with Crippen LogP contribution < -0.4 is 11.1 Å². The second-order valence-electron chi connectivity index (χ2n) is 3.97. The van der Waals surface area contributed by atoms with Crippen LogP contribution in [0.1, 0.15) is 21.8 Å². The number of nitrogens with two attached hydrogens (primary N) is 1. The number of amidine groups is 1. The van der Waals surface area contributed by atoms with Crippen molar-refractivity contribution in [2.45, 2.75) is 6.92 Å². The van der Waals surface area contributed by atoms with Crippen LogP contribution in [0.2, 0.25) is 5.02 Å². The van der Waals surface area contributed by atoms with Crippen molar-refractivity contribution in [3.8, 4) is 0 Å². The van der Waals surface area contributed by atoms with Crippen molar-refractivity contribution in [3.05, 3.63) is 46.3 Å². The lowest BCUT2D eigenvalue weighted by Gasteiger charge is -2.07. The fourth-order valence-corrected chi connectivity index (χ4v) is 1.72. The summed E-state index contributed by atoms with van der Waals surface area (Å²) in [5, 5.41) is 17.9. The molecule has 0 spiro atoms. The summed E-state index contributed by atoms with van der Waals surface area (Å²) in [6, 6.07) is 6.07. The molecule has 4 N–H and O–H groups in total. The number of anilines is 1. The van der Waals surface area contributed by atoms with Gasteiger partial charge in [-0.2, -0.15) is 0 Å². The molecule has 2 aromatic rings. The van der Waals surface area contributed by atoms with Crippen molar-refractivity contribution < 1.29 is 14.5 Å². The van der Waals surface area contributed by atoms with Crippen LogP contribution in [0.5, 0.6) is 0 Å². The Morgan fingerprint density at radius 2 is 2.25 bits per heavy atom. The van der Waals surface area contributed by atoms with E-state index in [1.807, 2.05) is 0 Å². The fourth-order valence-electron chi connectivity index (χ4n) is 1.49. The van der Waals surface area contributed by atoms with E-state index in [1.165, 1.54) is 18.2 Å². The quantitative estimate of drug-likeness (QED) is 0.347. The predicted molar refractivity (Wildman–Crippen MR) is 73.2 cm³/mol. The Hall–Kier alpha value is -2.54. The first-order valence-electron chi connectivity index (χ1n) is 5.53. The van der Waals surface area contributed by atoms with Crippen LogP contribution in [0.25, 0.3) is 0 Å². The number of carbonyl (C=O) groups is 1. The number of benzene rings is 1. The van der Waals surface area contributed by atoms with E-state index in [4.69, 9.17) is 27.1 Å². The summed E-state index contributed by atoms with van der Waals surface area (Å²) in [4.78, 5) is 11.9. The van der Waals surface area contributed by atoms with Crippen LogP contribution in [0, 0.1) is 6.92 Å². The first-order valence-corrected chi connectivity index (χ1v) is 5.91. The van der Waals surface area contributed by atoms with Crippen molar-refractivity contribution >= 4 is 29.0 Å². The van der Waals surface area contributed by atoms with Crippen molar-refractivity contribution in [3.63, 3.8) is 0 Å². The van der Waals surface area contributed by atoms with Crippen LogP contribution in [0.3, 0.4) is 0 Å². The summed E-state index contributed by atoms with van der Waals surface area (Å²) >= 11 is 6.01. The lowest BCUT2D eigenvalue weighted by Crippen LogP contribution is -2.14. The molecule has 20 heavy (non-hydrogen) atoms. The molecule has 1 aromatic heterocycles. The zero-order chi connectivity index (χ0) is 14.7. The van der Waals surface area contributed by atoms with Crippen LogP contribution >= 0.6 is 11.6 Å². The average molecular weight is 295 g/mol. The Morgan fingerprint density at radius 1 is 1.50 bits per heavy atom. The highest BCUT2D eigenvalue weighted by Crippen LogP contribution is 2.23. The molecule has 0 fully saturated rings. The van der Waals surface area contributed by atoms with E-state index < -0.39 is 5.91 Å². The van der Waals surface area contributed by atoms with Gasteiger partial charge in [-0.25, -0.2) is 0 Å². The summed E-state index contributed by atoms with van der Waals surface area (Å²) in [6.45, 7) is 1.71. The molecule has 1 aromatic carbocycles. The van der Waals surface area contributed by atoms with Gasteiger partial charge in [0.1, 0.15) is 0 Å². The predicted octanol–water partition coefficient (Wildman–Crippen LogP) is 1.98. The molecule has 0 bridgehead atoms. The van der Waals surface area contributed by atoms with Gasteiger partial charge in [0.25, 0.3) is 5.91 Å². The Kier molecular flexibility index (Phi) is 3.90. The van der Waals surface area contributed by atoms with E-state index >= 15 is 0 Å². The highest BCUT2D eigenvalue weighted by molar-refractivity contribution is 6.34. The second kappa shape index (κ2) is 5.62. The van der Waals surface area contributed by atoms with Crippen molar-refractivity contribution in [2.75, 3.05) is 5.32 Å². The van der Waals surface area contributed by atoms with Gasteiger partial charge in [-0.15, -0.1) is 0 Å². The summed E-state index contributed by atoms with van der Waals surface area (Å²) in [5.74, 6) is -0.459. The Balaban J connectivity index is 2.20. The van der Waals surface area contributed by atoms with Gasteiger partial charge in [-0.05, 0) is 25.1 Å². The summed E-state index contributed by atoms with van der Waals surface area (Å²) in [7, 11) is 0. The van der Waals surface area contributed by atoms with E-state index in [2.05, 4.69) is 15.6 Å². The van der Waals surface area contributed by atoms with E-state index in [0.29, 0.717) is 16.9 Å². The highest BCUT2D eigenvalue weighted by atomic mass is 35.5. The molecule has 1 amide bonds. The molecular weight excluding hydrogens is 284 g/mol. The number of nitrogens with zero attached hydrogens (tertiary/aromatic N) is 2. The van der Waals surface area contributed by atoms with Gasteiger partial charge in [0.05, 0.1) is 16.4 Å². The van der Waals surface area contributed by atoms with Crippen molar-refractivity contribution in [2.24, 2.45) is 10.9 Å². The van der Waals surface area contributed by atoms with Crippen LogP contribution in [-0.2, 0) is 0 Å². The molecular formula is C12H11ClN4O3. The van der Waals surface area contributed by atoms with E-state index in [1.54, 1.807) is 13.0 Å². The second-order valence-corrected chi connectivity index (χ2v) is 4.37. The molecule has 0 aliphatic rings. The maximum Gasteiger partial charge on any atom is 0.294 e. The molecule has 8 heteroatoms. The minimum atomic E-state index is -0.468. The van der Waals surface area contributed by atoms with Crippen LogP contribution in [-0.4, -0.2) is 22.1 Å². The molecule has 1 heterocycles. The topological polar surface area (TPSA) is 114 Å². The Morgan fingerprint density at radius 3 is 2.80 bits per heavy atom. The zero-order valence-electron chi connectivity index (χ0n) is 10.4. The fraction of sp³-hybridized carbons (Fsp3) is 0.0833. The van der Waals surface area contributed by atoms with Gasteiger partial charge in [0.15, 0.2) is 5.84 Å². The summed E-state index contributed by atoms with van der Waals surface area (Å²) in [5.41, 5.74) is 6.85. The number of rotatable bonds is 3. The van der Waals surface area contributed by atoms with Gasteiger partial charge < -0.3 is 20.8 Å².